The van der Waals surface area contributed by atoms with Crippen molar-refractivity contribution >= 4 is 9.84 Å². The number of rotatable bonds is 3. The molecule has 0 spiro atoms. The summed E-state index contributed by atoms with van der Waals surface area (Å²) >= 11 is 0. The largest absolute Gasteiger partial charge is 0.314 e. The first-order chi connectivity index (χ1) is 7.68. The van der Waals surface area contributed by atoms with Crippen LogP contribution in [-0.2, 0) is 9.84 Å². The van der Waals surface area contributed by atoms with E-state index in [0.29, 0.717) is 0 Å². The molecule has 0 aromatic rings. The van der Waals surface area contributed by atoms with Crippen molar-refractivity contribution in [3.8, 4) is 0 Å². The molecule has 16 heavy (non-hydrogen) atoms. The summed E-state index contributed by atoms with van der Waals surface area (Å²) in [4.78, 5) is 2.07. The zero-order valence-electron chi connectivity index (χ0n) is 9.82. The van der Waals surface area contributed by atoms with Crippen LogP contribution in [0.3, 0.4) is 0 Å². The SMILES string of the molecule is O=S(=O)(CN1CCNCC1)C1CCCCC1. The van der Waals surface area contributed by atoms with E-state index in [9.17, 15) is 8.42 Å². The highest BCUT2D eigenvalue weighted by molar-refractivity contribution is 7.91. The maximum absolute atomic E-state index is 12.2. The number of hydrogen-bond acceptors (Lipinski definition) is 4. The first-order valence-corrected chi connectivity index (χ1v) is 8.05. The maximum Gasteiger partial charge on any atom is 0.166 e. The average molecular weight is 246 g/mol. The Bertz CT molecular complexity index is 304. The van der Waals surface area contributed by atoms with Gasteiger partial charge in [0.2, 0.25) is 0 Å². The van der Waals surface area contributed by atoms with E-state index in [4.69, 9.17) is 0 Å². The summed E-state index contributed by atoms with van der Waals surface area (Å²) < 4.78 is 24.4. The molecule has 1 heterocycles. The van der Waals surface area contributed by atoms with E-state index in [1.807, 2.05) is 0 Å². The van der Waals surface area contributed by atoms with Crippen molar-refractivity contribution in [1.29, 1.82) is 0 Å². The Labute approximate surface area is 98.3 Å². The maximum atomic E-state index is 12.2. The number of sulfone groups is 1. The summed E-state index contributed by atoms with van der Waals surface area (Å²) in [6.07, 6.45) is 5.15. The molecule has 0 aromatic heterocycles. The lowest BCUT2D eigenvalue weighted by Crippen LogP contribution is -2.47. The zero-order chi connectivity index (χ0) is 11.4. The van der Waals surface area contributed by atoms with Crippen molar-refractivity contribution < 1.29 is 8.42 Å². The molecular weight excluding hydrogens is 224 g/mol. The highest BCUT2D eigenvalue weighted by Crippen LogP contribution is 2.24. The molecule has 1 saturated heterocycles. The molecule has 0 atom stereocenters. The molecule has 94 valence electrons. The van der Waals surface area contributed by atoms with Crippen LogP contribution in [0.1, 0.15) is 32.1 Å². The second-order valence-electron chi connectivity index (χ2n) is 4.92. The lowest BCUT2D eigenvalue weighted by atomic mass is 10.0. The standard InChI is InChI=1S/C11H22N2O2S/c14-16(15,11-4-2-1-3-5-11)10-13-8-6-12-7-9-13/h11-12H,1-10H2. The highest BCUT2D eigenvalue weighted by atomic mass is 32.2. The molecule has 0 bridgehead atoms. The fourth-order valence-electron chi connectivity index (χ4n) is 2.62. The molecule has 0 amide bonds. The summed E-state index contributed by atoms with van der Waals surface area (Å²) in [5, 5.41) is 3.18. The highest BCUT2D eigenvalue weighted by Gasteiger charge is 2.29. The minimum absolute atomic E-state index is 0.0591. The summed E-state index contributed by atoms with van der Waals surface area (Å²) in [6.45, 7) is 3.57. The van der Waals surface area contributed by atoms with Gasteiger partial charge in [-0.1, -0.05) is 19.3 Å². The molecule has 0 aromatic carbocycles. The minimum Gasteiger partial charge on any atom is -0.314 e. The van der Waals surface area contributed by atoms with E-state index < -0.39 is 9.84 Å². The molecule has 4 nitrogen and oxygen atoms in total. The van der Waals surface area contributed by atoms with Gasteiger partial charge in [-0.15, -0.1) is 0 Å². The van der Waals surface area contributed by atoms with Gasteiger partial charge in [0.15, 0.2) is 9.84 Å². The normalized spacial score (nSPS) is 25.8. The molecule has 0 unspecified atom stereocenters. The molecule has 0 radical (unpaired) electrons. The van der Waals surface area contributed by atoms with Crippen molar-refractivity contribution in [1.82, 2.24) is 10.2 Å². The van der Waals surface area contributed by atoms with Gasteiger partial charge < -0.3 is 5.32 Å². The number of nitrogens with zero attached hydrogens (tertiary/aromatic N) is 1. The van der Waals surface area contributed by atoms with Gasteiger partial charge in [-0.05, 0) is 12.8 Å². The molecule has 2 rings (SSSR count). The molecule has 1 N–H and O–H groups in total. The molecule has 1 saturated carbocycles. The topological polar surface area (TPSA) is 49.4 Å². The molecule has 2 aliphatic rings. The monoisotopic (exact) mass is 246 g/mol. The van der Waals surface area contributed by atoms with Gasteiger partial charge in [-0.2, -0.15) is 0 Å². The van der Waals surface area contributed by atoms with Crippen LogP contribution >= 0.6 is 0 Å². The quantitative estimate of drug-likeness (QED) is 0.792. The summed E-state index contributed by atoms with van der Waals surface area (Å²) in [6, 6.07) is 0. The molecule has 1 aliphatic heterocycles. The summed E-state index contributed by atoms with van der Waals surface area (Å²) in [5.41, 5.74) is 0. The Morgan fingerprint density at radius 2 is 1.69 bits per heavy atom. The predicted molar refractivity (Wildman–Crippen MR) is 65.1 cm³/mol. The second-order valence-corrected chi connectivity index (χ2v) is 7.17. The van der Waals surface area contributed by atoms with Crippen molar-refractivity contribution in [3.63, 3.8) is 0 Å². The van der Waals surface area contributed by atoms with Crippen LogP contribution in [0.25, 0.3) is 0 Å². The van der Waals surface area contributed by atoms with E-state index in [-0.39, 0.29) is 11.1 Å². The van der Waals surface area contributed by atoms with Crippen LogP contribution in [0.2, 0.25) is 0 Å². The van der Waals surface area contributed by atoms with Crippen LogP contribution in [0.4, 0.5) is 0 Å². The fraction of sp³-hybridized carbons (Fsp3) is 1.00. The van der Waals surface area contributed by atoms with Crippen LogP contribution in [0, 0.1) is 0 Å². The van der Waals surface area contributed by atoms with Gasteiger partial charge in [0.1, 0.15) is 5.88 Å². The van der Waals surface area contributed by atoms with E-state index in [1.165, 1.54) is 6.42 Å². The Balaban J connectivity index is 1.90. The van der Waals surface area contributed by atoms with Crippen LogP contribution < -0.4 is 5.32 Å². The smallest absolute Gasteiger partial charge is 0.166 e. The number of hydrogen-bond donors (Lipinski definition) is 1. The van der Waals surface area contributed by atoms with Crippen LogP contribution in [0.15, 0.2) is 0 Å². The predicted octanol–water partition coefficient (Wildman–Crippen LogP) is 0.597. The van der Waals surface area contributed by atoms with Gasteiger partial charge in [-0.3, -0.25) is 4.90 Å². The van der Waals surface area contributed by atoms with Crippen molar-refractivity contribution in [2.24, 2.45) is 0 Å². The third kappa shape index (κ3) is 3.18. The van der Waals surface area contributed by atoms with E-state index >= 15 is 0 Å². The van der Waals surface area contributed by atoms with Gasteiger partial charge in [0, 0.05) is 26.2 Å². The van der Waals surface area contributed by atoms with Crippen LogP contribution in [-0.4, -0.2) is 50.6 Å². The second kappa shape index (κ2) is 5.47. The fourth-order valence-corrected chi connectivity index (χ4v) is 4.65. The van der Waals surface area contributed by atoms with Crippen molar-refractivity contribution in [3.05, 3.63) is 0 Å². The summed E-state index contributed by atoms with van der Waals surface area (Å²) in [7, 11) is -2.88. The van der Waals surface area contributed by atoms with E-state index in [1.54, 1.807) is 0 Å². The van der Waals surface area contributed by atoms with Gasteiger partial charge >= 0.3 is 0 Å². The number of nitrogens with one attached hydrogen (secondary N) is 1. The third-order valence-electron chi connectivity index (χ3n) is 3.63. The Kier molecular flexibility index (Phi) is 4.21. The first kappa shape index (κ1) is 12.3. The number of piperazine rings is 1. The molecule has 1 aliphatic carbocycles. The van der Waals surface area contributed by atoms with E-state index in [2.05, 4.69) is 10.2 Å². The molecule has 2 fully saturated rings. The molecular formula is C11H22N2O2S. The van der Waals surface area contributed by atoms with E-state index in [0.717, 1.165) is 51.9 Å². The Morgan fingerprint density at radius 3 is 2.31 bits per heavy atom. The first-order valence-electron chi connectivity index (χ1n) is 6.33. The van der Waals surface area contributed by atoms with Gasteiger partial charge in [0.25, 0.3) is 0 Å². The lowest BCUT2D eigenvalue weighted by Gasteiger charge is -2.29. The average Bonchev–Trinajstić information content (AvgIpc) is 2.31. The van der Waals surface area contributed by atoms with Gasteiger partial charge in [0.05, 0.1) is 5.25 Å². The lowest BCUT2D eigenvalue weighted by molar-refractivity contribution is 0.272. The molecule has 5 heteroatoms. The van der Waals surface area contributed by atoms with Crippen molar-refractivity contribution in [2.45, 2.75) is 37.4 Å². The summed E-state index contributed by atoms with van der Waals surface area (Å²) in [5.74, 6) is 0.277. The Morgan fingerprint density at radius 1 is 1.06 bits per heavy atom. The minimum atomic E-state index is -2.88. The Hall–Kier alpha value is -0.130. The zero-order valence-corrected chi connectivity index (χ0v) is 10.6. The van der Waals surface area contributed by atoms with Gasteiger partial charge in [-0.25, -0.2) is 8.42 Å². The van der Waals surface area contributed by atoms with Crippen molar-refractivity contribution in [2.75, 3.05) is 32.1 Å². The van der Waals surface area contributed by atoms with Crippen LogP contribution in [0.5, 0.6) is 0 Å². The third-order valence-corrected chi connectivity index (χ3v) is 5.84.